The van der Waals surface area contributed by atoms with Crippen molar-refractivity contribution in [3.05, 3.63) is 64.7 Å². The Hall–Kier alpha value is -2.23. The largest absolute Gasteiger partial charge is 0.484 e. The van der Waals surface area contributed by atoms with Crippen LogP contribution in [0.15, 0.2) is 36.4 Å². The van der Waals surface area contributed by atoms with Gasteiger partial charge in [-0.2, -0.15) is 0 Å². The Morgan fingerprint density at radius 2 is 1.95 bits per heavy atom. The van der Waals surface area contributed by atoms with Crippen molar-refractivity contribution in [3.63, 3.8) is 0 Å². The number of fused-ring (bicyclic) bond motifs is 1. The van der Waals surface area contributed by atoms with E-state index >= 15 is 0 Å². The molecule has 3 rings (SSSR count). The molecule has 2 nitrogen and oxygen atoms in total. The summed E-state index contributed by atoms with van der Waals surface area (Å²) in [5.41, 5.74) is 1.53. The van der Waals surface area contributed by atoms with E-state index in [1.54, 1.807) is 12.1 Å². The van der Waals surface area contributed by atoms with Gasteiger partial charge in [0.1, 0.15) is 23.5 Å². The monoisotopic (exact) mass is 274 g/mol. The predicted molar refractivity (Wildman–Crippen MR) is 69.9 cm³/mol. The van der Waals surface area contributed by atoms with Gasteiger partial charge in [0.2, 0.25) is 0 Å². The Kier molecular flexibility index (Phi) is 3.01. The van der Waals surface area contributed by atoms with E-state index in [0.717, 1.165) is 23.8 Å². The number of carbonyl (C=O) groups excluding carboxylic acids is 1. The average Bonchev–Trinajstić information content (AvgIpc) is 2.42. The minimum Gasteiger partial charge on any atom is -0.484 e. The average molecular weight is 274 g/mol. The van der Waals surface area contributed by atoms with Gasteiger partial charge in [0, 0.05) is 5.56 Å². The first-order chi connectivity index (χ1) is 9.54. The molecule has 2 aromatic rings. The lowest BCUT2D eigenvalue weighted by atomic mass is 9.95. The number of halogens is 2. The molecule has 0 aliphatic carbocycles. The van der Waals surface area contributed by atoms with Gasteiger partial charge in [-0.3, -0.25) is 4.79 Å². The fraction of sp³-hybridized carbons (Fsp3) is 0.188. The van der Waals surface area contributed by atoms with E-state index in [1.165, 1.54) is 0 Å². The molecule has 0 bridgehead atoms. The maximum atomic E-state index is 13.8. The molecule has 0 fully saturated rings. The molecule has 0 aromatic heterocycles. The van der Waals surface area contributed by atoms with Crippen LogP contribution in [-0.2, 0) is 0 Å². The van der Waals surface area contributed by atoms with Crippen LogP contribution in [0.4, 0.5) is 8.78 Å². The van der Waals surface area contributed by atoms with E-state index in [2.05, 4.69) is 0 Å². The molecule has 0 radical (unpaired) electrons. The van der Waals surface area contributed by atoms with Gasteiger partial charge in [-0.05, 0) is 37.3 Å². The van der Waals surface area contributed by atoms with Gasteiger partial charge in [0.05, 0.1) is 12.0 Å². The molecule has 0 N–H and O–H groups in total. The van der Waals surface area contributed by atoms with Crippen molar-refractivity contribution in [2.45, 2.75) is 19.4 Å². The maximum Gasteiger partial charge on any atom is 0.170 e. The van der Waals surface area contributed by atoms with Crippen molar-refractivity contribution in [1.82, 2.24) is 0 Å². The number of carbonyl (C=O) groups is 1. The predicted octanol–water partition coefficient (Wildman–Crippen LogP) is 3.98. The molecule has 1 heterocycles. The molecule has 1 atom stereocenters. The molecule has 0 amide bonds. The smallest absolute Gasteiger partial charge is 0.170 e. The van der Waals surface area contributed by atoms with Crippen LogP contribution in [0.2, 0.25) is 0 Å². The van der Waals surface area contributed by atoms with Crippen LogP contribution in [0.5, 0.6) is 5.75 Å². The maximum absolute atomic E-state index is 13.8. The number of ketones is 1. The summed E-state index contributed by atoms with van der Waals surface area (Å²) in [6, 6.07) is 8.41. The Balaban J connectivity index is 2.01. The summed E-state index contributed by atoms with van der Waals surface area (Å²) in [4.78, 5) is 12.1. The zero-order chi connectivity index (χ0) is 14.3. The standard InChI is InChI=1S/C16H12F2O2/c1-9-2-5-15-12(6-9)14(19)8-16(20-15)11-7-10(17)3-4-13(11)18/h2-7,16H,8H2,1H3. The summed E-state index contributed by atoms with van der Waals surface area (Å²) < 4.78 is 32.7. The fourth-order valence-corrected chi connectivity index (χ4v) is 2.37. The summed E-state index contributed by atoms with van der Waals surface area (Å²) in [5.74, 6) is -0.823. The highest BCUT2D eigenvalue weighted by Gasteiger charge is 2.29. The van der Waals surface area contributed by atoms with Crippen molar-refractivity contribution in [1.29, 1.82) is 0 Å². The minimum absolute atomic E-state index is 0.0107. The molecule has 4 heteroatoms. The molecule has 1 aliphatic heterocycles. The van der Waals surface area contributed by atoms with Crippen LogP contribution in [0, 0.1) is 18.6 Å². The zero-order valence-electron chi connectivity index (χ0n) is 10.8. The number of ether oxygens (including phenoxy) is 1. The molecular formula is C16H12F2O2. The van der Waals surface area contributed by atoms with E-state index in [0.29, 0.717) is 11.3 Å². The normalized spacial score (nSPS) is 17.6. The summed E-state index contributed by atoms with van der Waals surface area (Å²) in [7, 11) is 0. The summed E-state index contributed by atoms with van der Waals surface area (Å²) in [6.45, 7) is 1.88. The van der Waals surface area contributed by atoms with Gasteiger partial charge >= 0.3 is 0 Å². The first kappa shape index (κ1) is 12.8. The SMILES string of the molecule is Cc1ccc2c(c1)C(=O)CC(c1cc(F)ccc1F)O2. The van der Waals surface area contributed by atoms with E-state index < -0.39 is 17.7 Å². The third-order valence-electron chi connectivity index (χ3n) is 3.38. The highest BCUT2D eigenvalue weighted by atomic mass is 19.1. The molecule has 1 aliphatic rings. The van der Waals surface area contributed by atoms with Gasteiger partial charge in [-0.1, -0.05) is 11.6 Å². The van der Waals surface area contributed by atoms with E-state index in [1.807, 2.05) is 13.0 Å². The van der Waals surface area contributed by atoms with Crippen molar-refractivity contribution in [3.8, 4) is 5.75 Å². The second kappa shape index (κ2) is 4.71. The van der Waals surface area contributed by atoms with Crippen LogP contribution in [0.25, 0.3) is 0 Å². The molecule has 1 unspecified atom stereocenters. The van der Waals surface area contributed by atoms with Crippen LogP contribution < -0.4 is 4.74 Å². The number of hydrogen-bond acceptors (Lipinski definition) is 2. The first-order valence-electron chi connectivity index (χ1n) is 6.30. The van der Waals surface area contributed by atoms with E-state index in [-0.39, 0.29) is 17.8 Å². The van der Waals surface area contributed by atoms with E-state index in [9.17, 15) is 13.6 Å². The van der Waals surface area contributed by atoms with Gasteiger partial charge in [-0.25, -0.2) is 8.78 Å². The minimum atomic E-state index is -0.784. The lowest BCUT2D eigenvalue weighted by Crippen LogP contribution is -2.21. The lowest BCUT2D eigenvalue weighted by Gasteiger charge is -2.26. The number of Topliss-reactive ketones (excluding diaryl/α,β-unsaturated/α-hetero) is 1. The Morgan fingerprint density at radius 1 is 1.15 bits per heavy atom. The molecule has 0 saturated heterocycles. The first-order valence-corrected chi connectivity index (χ1v) is 6.30. The molecule has 2 aromatic carbocycles. The highest BCUT2D eigenvalue weighted by molar-refractivity contribution is 6.00. The zero-order valence-corrected chi connectivity index (χ0v) is 10.8. The number of benzene rings is 2. The van der Waals surface area contributed by atoms with Gasteiger partial charge in [-0.15, -0.1) is 0 Å². The molecular weight excluding hydrogens is 262 g/mol. The van der Waals surface area contributed by atoms with Crippen molar-refractivity contribution in [2.24, 2.45) is 0 Å². The Labute approximate surface area is 115 Å². The Morgan fingerprint density at radius 3 is 2.75 bits per heavy atom. The van der Waals surface area contributed by atoms with E-state index in [4.69, 9.17) is 4.74 Å². The number of hydrogen-bond donors (Lipinski definition) is 0. The van der Waals surface area contributed by atoms with Crippen molar-refractivity contribution in [2.75, 3.05) is 0 Å². The number of rotatable bonds is 1. The van der Waals surface area contributed by atoms with Crippen LogP contribution in [0.3, 0.4) is 0 Å². The van der Waals surface area contributed by atoms with Crippen molar-refractivity contribution >= 4 is 5.78 Å². The van der Waals surface area contributed by atoms with Crippen LogP contribution in [0.1, 0.15) is 34.0 Å². The molecule has 20 heavy (non-hydrogen) atoms. The third kappa shape index (κ3) is 2.18. The molecule has 0 spiro atoms. The van der Waals surface area contributed by atoms with Gasteiger partial charge in [0.25, 0.3) is 0 Å². The van der Waals surface area contributed by atoms with Gasteiger partial charge < -0.3 is 4.74 Å². The fourth-order valence-electron chi connectivity index (χ4n) is 2.37. The number of aryl methyl sites for hydroxylation is 1. The highest BCUT2D eigenvalue weighted by Crippen LogP contribution is 2.36. The second-order valence-electron chi connectivity index (χ2n) is 4.90. The van der Waals surface area contributed by atoms with Crippen LogP contribution in [-0.4, -0.2) is 5.78 Å². The topological polar surface area (TPSA) is 26.3 Å². The molecule has 102 valence electrons. The summed E-state index contributed by atoms with van der Waals surface area (Å²) >= 11 is 0. The quantitative estimate of drug-likeness (QED) is 0.786. The second-order valence-corrected chi connectivity index (χ2v) is 4.90. The lowest BCUT2D eigenvalue weighted by molar-refractivity contribution is 0.0845. The van der Waals surface area contributed by atoms with Crippen LogP contribution >= 0.6 is 0 Å². The Bertz CT molecular complexity index is 695. The molecule has 0 saturated carbocycles. The van der Waals surface area contributed by atoms with Gasteiger partial charge in [0.15, 0.2) is 5.78 Å². The van der Waals surface area contributed by atoms with Crippen molar-refractivity contribution < 1.29 is 18.3 Å². The summed E-state index contributed by atoms with van der Waals surface area (Å²) in [6.07, 6.45) is -0.773. The summed E-state index contributed by atoms with van der Waals surface area (Å²) in [5, 5.41) is 0. The third-order valence-corrected chi connectivity index (χ3v) is 3.38.